The molecule has 1 amide bonds. The molecule has 2 aromatic heterocycles. The Balaban J connectivity index is 1.57. The highest BCUT2D eigenvalue weighted by Crippen LogP contribution is 2.25. The number of aryl methyl sites for hydroxylation is 1. The summed E-state index contributed by atoms with van der Waals surface area (Å²) in [5.74, 6) is 1.46. The molecule has 0 spiro atoms. The Morgan fingerprint density at radius 2 is 2.08 bits per heavy atom. The van der Waals surface area contributed by atoms with Crippen LogP contribution in [0.3, 0.4) is 0 Å². The minimum Gasteiger partial charge on any atom is -0.489 e. The van der Waals surface area contributed by atoms with Crippen molar-refractivity contribution in [3.8, 4) is 16.5 Å². The molecule has 0 aliphatic rings. The fraction of sp³-hybridized carbons (Fsp3) is 0.278. The number of nitrogens with one attached hydrogen (secondary N) is 1. The third-order valence-electron chi connectivity index (χ3n) is 3.29. The van der Waals surface area contributed by atoms with E-state index in [4.69, 9.17) is 9.15 Å². The Kier molecular flexibility index (Phi) is 5.45. The summed E-state index contributed by atoms with van der Waals surface area (Å²) in [7, 11) is 0. The maximum absolute atomic E-state index is 12.2. The summed E-state index contributed by atoms with van der Waals surface area (Å²) in [6.45, 7) is 3.89. The van der Waals surface area contributed by atoms with Gasteiger partial charge in [0.1, 0.15) is 5.75 Å². The summed E-state index contributed by atoms with van der Waals surface area (Å²) in [6, 6.07) is 11.2. The Morgan fingerprint density at radius 1 is 1.24 bits per heavy atom. The number of thiophene rings is 1. The van der Waals surface area contributed by atoms with Crippen molar-refractivity contribution >= 4 is 22.9 Å². The first-order chi connectivity index (χ1) is 12.1. The molecule has 0 saturated heterocycles. The zero-order chi connectivity index (χ0) is 17.6. The van der Waals surface area contributed by atoms with Gasteiger partial charge in [0.05, 0.1) is 16.7 Å². The molecular weight excluding hydrogens is 338 g/mol. The van der Waals surface area contributed by atoms with Gasteiger partial charge in [-0.1, -0.05) is 18.2 Å². The molecule has 1 aromatic carbocycles. The van der Waals surface area contributed by atoms with Crippen LogP contribution in [0.15, 0.2) is 46.2 Å². The minimum atomic E-state index is -0.129. The van der Waals surface area contributed by atoms with Crippen LogP contribution in [-0.2, 0) is 11.2 Å². The lowest BCUT2D eigenvalue weighted by Crippen LogP contribution is -2.14. The van der Waals surface area contributed by atoms with Crippen molar-refractivity contribution in [3.05, 3.63) is 47.7 Å². The van der Waals surface area contributed by atoms with Crippen molar-refractivity contribution in [1.29, 1.82) is 0 Å². The van der Waals surface area contributed by atoms with Crippen LogP contribution in [0.4, 0.5) is 5.69 Å². The van der Waals surface area contributed by atoms with Crippen molar-refractivity contribution in [2.75, 3.05) is 5.32 Å². The first-order valence-corrected chi connectivity index (χ1v) is 8.91. The first kappa shape index (κ1) is 17.2. The average Bonchev–Trinajstić information content (AvgIpc) is 3.25. The highest BCUT2D eigenvalue weighted by atomic mass is 32.1. The van der Waals surface area contributed by atoms with Gasteiger partial charge in [-0.05, 0) is 37.4 Å². The molecule has 1 N–H and O–H groups in total. The van der Waals surface area contributed by atoms with Crippen LogP contribution in [0.5, 0.6) is 5.75 Å². The van der Waals surface area contributed by atoms with Crippen LogP contribution in [0.2, 0.25) is 0 Å². The number of hydrogen-bond donors (Lipinski definition) is 1. The lowest BCUT2D eigenvalue weighted by atomic mass is 10.2. The Labute approximate surface area is 149 Å². The monoisotopic (exact) mass is 357 g/mol. The van der Waals surface area contributed by atoms with Crippen LogP contribution >= 0.6 is 11.3 Å². The van der Waals surface area contributed by atoms with Crippen LogP contribution in [-0.4, -0.2) is 22.2 Å². The van der Waals surface area contributed by atoms with Crippen molar-refractivity contribution in [2.45, 2.75) is 32.8 Å². The molecule has 7 heteroatoms. The molecule has 130 valence electrons. The second-order valence-corrected chi connectivity index (χ2v) is 6.64. The molecule has 6 nitrogen and oxygen atoms in total. The molecule has 0 saturated carbocycles. The van der Waals surface area contributed by atoms with E-state index in [1.54, 1.807) is 0 Å². The SMILES string of the molecule is CC(C)Oc1ccccc1NC(=O)CCc1nnc(-c2cccs2)o1. The van der Waals surface area contributed by atoms with Gasteiger partial charge in [-0.2, -0.15) is 0 Å². The smallest absolute Gasteiger partial charge is 0.257 e. The zero-order valence-corrected chi connectivity index (χ0v) is 14.9. The van der Waals surface area contributed by atoms with Gasteiger partial charge in [0.2, 0.25) is 11.8 Å². The summed E-state index contributed by atoms with van der Waals surface area (Å²) >= 11 is 1.53. The van der Waals surface area contributed by atoms with Crippen molar-refractivity contribution < 1.29 is 13.9 Å². The summed E-state index contributed by atoms with van der Waals surface area (Å²) in [6.07, 6.45) is 0.673. The van der Waals surface area contributed by atoms with E-state index in [-0.39, 0.29) is 18.4 Å². The predicted octanol–water partition coefficient (Wildman–Crippen LogP) is 4.16. The number of amides is 1. The van der Waals surface area contributed by atoms with Crippen molar-refractivity contribution in [1.82, 2.24) is 10.2 Å². The number of rotatable bonds is 7. The topological polar surface area (TPSA) is 77.2 Å². The second-order valence-electron chi connectivity index (χ2n) is 5.69. The molecule has 3 rings (SSSR count). The fourth-order valence-electron chi connectivity index (χ4n) is 2.21. The van der Waals surface area contributed by atoms with Gasteiger partial charge in [0, 0.05) is 12.8 Å². The maximum atomic E-state index is 12.2. The molecule has 0 aliphatic heterocycles. The first-order valence-electron chi connectivity index (χ1n) is 8.03. The lowest BCUT2D eigenvalue weighted by molar-refractivity contribution is -0.116. The van der Waals surface area contributed by atoms with Crippen LogP contribution in [0.1, 0.15) is 26.2 Å². The summed E-state index contributed by atoms with van der Waals surface area (Å²) in [5.41, 5.74) is 0.658. The van der Waals surface area contributed by atoms with Gasteiger partial charge in [0.25, 0.3) is 5.89 Å². The second kappa shape index (κ2) is 7.94. The standard InChI is InChI=1S/C18H19N3O3S/c1-12(2)23-14-7-4-3-6-13(14)19-16(22)9-10-17-20-21-18(24-17)15-8-5-11-25-15/h3-8,11-12H,9-10H2,1-2H3,(H,19,22). The number of ether oxygens (including phenoxy) is 1. The van der Waals surface area contributed by atoms with Gasteiger partial charge in [-0.3, -0.25) is 4.79 Å². The Bertz CT molecular complexity index is 828. The number of carbonyl (C=O) groups excluding carboxylic acids is 1. The highest BCUT2D eigenvalue weighted by molar-refractivity contribution is 7.13. The number of para-hydroxylation sites is 2. The Morgan fingerprint density at radius 3 is 2.84 bits per heavy atom. The quantitative estimate of drug-likeness (QED) is 0.687. The number of aromatic nitrogens is 2. The summed E-state index contributed by atoms with van der Waals surface area (Å²) in [4.78, 5) is 13.1. The van der Waals surface area contributed by atoms with Gasteiger partial charge < -0.3 is 14.5 Å². The van der Waals surface area contributed by atoms with Crippen LogP contribution < -0.4 is 10.1 Å². The van der Waals surface area contributed by atoms with E-state index in [1.807, 2.05) is 55.6 Å². The van der Waals surface area contributed by atoms with E-state index in [1.165, 1.54) is 11.3 Å². The lowest BCUT2D eigenvalue weighted by Gasteiger charge is -2.14. The molecule has 0 bridgehead atoms. The van der Waals surface area contributed by atoms with E-state index < -0.39 is 0 Å². The van der Waals surface area contributed by atoms with Crippen LogP contribution in [0, 0.1) is 0 Å². The van der Waals surface area contributed by atoms with Gasteiger partial charge in [0.15, 0.2) is 0 Å². The molecule has 0 fully saturated rings. The number of anilines is 1. The van der Waals surface area contributed by atoms with Crippen LogP contribution in [0.25, 0.3) is 10.8 Å². The predicted molar refractivity (Wildman–Crippen MR) is 96.8 cm³/mol. The van der Waals surface area contributed by atoms with E-state index >= 15 is 0 Å². The van der Waals surface area contributed by atoms with E-state index in [0.29, 0.717) is 29.6 Å². The number of carbonyl (C=O) groups is 1. The summed E-state index contributed by atoms with van der Waals surface area (Å²) in [5, 5.41) is 12.8. The molecule has 0 aliphatic carbocycles. The van der Waals surface area contributed by atoms with Gasteiger partial charge in [-0.25, -0.2) is 0 Å². The van der Waals surface area contributed by atoms with E-state index in [9.17, 15) is 4.79 Å². The molecule has 2 heterocycles. The molecule has 0 radical (unpaired) electrons. The molecule has 0 unspecified atom stereocenters. The van der Waals surface area contributed by atoms with Crippen molar-refractivity contribution in [2.24, 2.45) is 0 Å². The van der Waals surface area contributed by atoms with E-state index in [2.05, 4.69) is 15.5 Å². The maximum Gasteiger partial charge on any atom is 0.257 e. The van der Waals surface area contributed by atoms with Crippen molar-refractivity contribution in [3.63, 3.8) is 0 Å². The molecule has 0 atom stereocenters. The molecular formula is C18H19N3O3S. The number of nitrogens with zero attached hydrogens (tertiary/aromatic N) is 2. The Hall–Kier alpha value is -2.67. The third kappa shape index (κ3) is 4.67. The summed E-state index contributed by atoms with van der Waals surface area (Å²) < 4.78 is 11.3. The number of benzene rings is 1. The zero-order valence-electron chi connectivity index (χ0n) is 14.1. The highest BCUT2D eigenvalue weighted by Gasteiger charge is 2.13. The largest absolute Gasteiger partial charge is 0.489 e. The van der Waals surface area contributed by atoms with Gasteiger partial charge in [-0.15, -0.1) is 21.5 Å². The number of hydrogen-bond acceptors (Lipinski definition) is 6. The molecule has 25 heavy (non-hydrogen) atoms. The van der Waals surface area contributed by atoms with Gasteiger partial charge >= 0.3 is 0 Å². The normalized spacial score (nSPS) is 10.8. The fourth-order valence-corrected chi connectivity index (χ4v) is 2.86. The average molecular weight is 357 g/mol. The third-order valence-corrected chi connectivity index (χ3v) is 4.15. The molecule has 3 aromatic rings. The minimum absolute atomic E-state index is 0.0344. The van der Waals surface area contributed by atoms with E-state index in [0.717, 1.165) is 4.88 Å².